The summed E-state index contributed by atoms with van der Waals surface area (Å²) in [7, 11) is -1.99. The fraction of sp³-hybridized carbons (Fsp3) is 0.350. The molecule has 1 aliphatic heterocycles. The van der Waals surface area contributed by atoms with Crippen LogP contribution in [0.3, 0.4) is 0 Å². The number of piperazine rings is 1. The molecule has 1 N–H and O–H groups in total. The van der Waals surface area contributed by atoms with E-state index in [-0.39, 0.29) is 10.8 Å². The van der Waals surface area contributed by atoms with Crippen molar-refractivity contribution in [2.45, 2.75) is 4.90 Å². The Morgan fingerprint density at radius 2 is 1.80 bits per heavy atom. The zero-order valence-corrected chi connectivity index (χ0v) is 19.6. The van der Waals surface area contributed by atoms with E-state index in [0.29, 0.717) is 55.6 Å². The molecule has 10 heteroatoms. The summed E-state index contributed by atoms with van der Waals surface area (Å²) >= 11 is 9.42. The van der Waals surface area contributed by atoms with Crippen LogP contribution in [-0.2, 0) is 10.0 Å². The summed E-state index contributed by atoms with van der Waals surface area (Å²) < 4.78 is 33.0. The van der Waals surface area contributed by atoms with Gasteiger partial charge in [0.05, 0.1) is 22.6 Å². The summed E-state index contributed by atoms with van der Waals surface area (Å²) in [6.45, 7) is 3.09. The van der Waals surface area contributed by atoms with E-state index in [0.717, 1.165) is 4.47 Å². The summed E-state index contributed by atoms with van der Waals surface area (Å²) in [5, 5.41) is 3.26. The van der Waals surface area contributed by atoms with Crippen LogP contribution in [-0.4, -0.2) is 69.9 Å². The molecular weight excluding hydrogens is 494 g/mol. The van der Waals surface area contributed by atoms with Crippen molar-refractivity contribution in [1.82, 2.24) is 14.5 Å². The number of ether oxygens (including phenoxy) is 1. The Morgan fingerprint density at radius 3 is 2.43 bits per heavy atom. The second kappa shape index (κ2) is 10.1. The molecule has 1 saturated heterocycles. The highest BCUT2D eigenvalue weighted by atomic mass is 79.9. The topological polar surface area (TPSA) is 79.0 Å². The molecule has 0 atom stereocenters. The molecule has 0 aliphatic carbocycles. The molecule has 1 amide bonds. The fourth-order valence-electron chi connectivity index (χ4n) is 3.18. The van der Waals surface area contributed by atoms with Crippen LogP contribution in [0.2, 0.25) is 5.02 Å². The van der Waals surface area contributed by atoms with Gasteiger partial charge >= 0.3 is 0 Å². The van der Waals surface area contributed by atoms with E-state index < -0.39 is 10.0 Å². The van der Waals surface area contributed by atoms with Crippen molar-refractivity contribution >= 4 is 43.5 Å². The summed E-state index contributed by atoms with van der Waals surface area (Å²) in [5.74, 6) is 0.381. The largest absolute Gasteiger partial charge is 0.497 e. The number of rotatable bonds is 7. The van der Waals surface area contributed by atoms with Crippen molar-refractivity contribution in [3.05, 3.63) is 57.5 Å². The van der Waals surface area contributed by atoms with Gasteiger partial charge in [0.2, 0.25) is 10.0 Å². The van der Waals surface area contributed by atoms with E-state index in [9.17, 15) is 13.2 Å². The molecule has 0 aromatic heterocycles. The van der Waals surface area contributed by atoms with Crippen molar-refractivity contribution in [3.63, 3.8) is 0 Å². The number of halogens is 2. The highest BCUT2D eigenvalue weighted by Crippen LogP contribution is 2.22. The van der Waals surface area contributed by atoms with E-state index in [1.54, 1.807) is 49.6 Å². The first-order valence-electron chi connectivity index (χ1n) is 9.41. The molecule has 2 aromatic rings. The second-order valence-corrected chi connectivity index (χ2v) is 10.1. The summed E-state index contributed by atoms with van der Waals surface area (Å²) in [4.78, 5) is 14.7. The minimum absolute atomic E-state index is 0.234. The lowest BCUT2D eigenvalue weighted by Gasteiger charge is -2.34. The van der Waals surface area contributed by atoms with E-state index in [1.165, 1.54) is 4.31 Å². The minimum Gasteiger partial charge on any atom is -0.497 e. The van der Waals surface area contributed by atoms with Gasteiger partial charge in [0.1, 0.15) is 5.75 Å². The number of carbonyl (C=O) groups excluding carboxylic acids is 1. The summed E-state index contributed by atoms with van der Waals surface area (Å²) in [6.07, 6.45) is 0. The molecule has 0 unspecified atom stereocenters. The number of sulfonamides is 1. The van der Waals surface area contributed by atoms with Gasteiger partial charge in [0.15, 0.2) is 0 Å². The van der Waals surface area contributed by atoms with Crippen molar-refractivity contribution in [3.8, 4) is 5.75 Å². The molecular formula is C20H23BrClN3O4S. The van der Waals surface area contributed by atoms with Crippen molar-refractivity contribution in [2.75, 3.05) is 46.4 Å². The van der Waals surface area contributed by atoms with Gasteiger partial charge in [-0.05, 0) is 42.5 Å². The van der Waals surface area contributed by atoms with Crippen LogP contribution in [0.15, 0.2) is 51.8 Å². The van der Waals surface area contributed by atoms with Gasteiger partial charge in [-0.2, -0.15) is 4.31 Å². The van der Waals surface area contributed by atoms with Crippen LogP contribution < -0.4 is 10.1 Å². The average molecular weight is 517 g/mol. The highest BCUT2D eigenvalue weighted by molar-refractivity contribution is 9.10. The van der Waals surface area contributed by atoms with E-state index in [1.807, 2.05) is 0 Å². The molecule has 30 heavy (non-hydrogen) atoms. The third-order valence-corrected chi connectivity index (χ3v) is 7.65. The molecule has 3 rings (SSSR count). The van der Waals surface area contributed by atoms with Gasteiger partial charge in [-0.3, -0.25) is 9.69 Å². The lowest BCUT2D eigenvalue weighted by atomic mass is 10.2. The summed E-state index contributed by atoms with van der Waals surface area (Å²) in [5.41, 5.74) is 0.418. The number of hydrogen-bond acceptors (Lipinski definition) is 5. The van der Waals surface area contributed by atoms with Crippen molar-refractivity contribution < 1.29 is 17.9 Å². The first-order valence-corrected chi connectivity index (χ1v) is 12.0. The third kappa shape index (κ3) is 5.53. The molecule has 1 aliphatic rings. The summed E-state index contributed by atoms with van der Waals surface area (Å²) in [6, 6.07) is 11.5. The molecule has 0 radical (unpaired) electrons. The lowest BCUT2D eigenvalue weighted by molar-refractivity contribution is 0.0945. The van der Waals surface area contributed by atoms with Crippen molar-refractivity contribution in [2.24, 2.45) is 0 Å². The first-order chi connectivity index (χ1) is 14.3. The Bertz CT molecular complexity index is 994. The van der Waals surface area contributed by atoms with E-state index in [4.69, 9.17) is 16.3 Å². The highest BCUT2D eigenvalue weighted by Gasteiger charge is 2.28. The van der Waals surface area contributed by atoms with Gasteiger partial charge in [-0.15, -0.1) is 0 Å². The first kappa shape index (κ1) is 23.0. The fourth-order valence-corrected chi connectivity index (χ4v) is 5.17. The van der Waals surface area contributed by atoms with Crippen LogP contribution in [0.4, 0.5) is 0 Å². The normalized spacial score (nSPS) is 15.7. The smallest absolute Gasteiger partial charge is 0.252 e. The van der Waals surface area contributed by atoms with Crippen LogP contribution in [0.25, 0.3) is 0 Å². The number of nitrogens with one attached hydrogen (secondary N) is 1. The SMILES string of the molecule is COc1ccc(S(=O)(=O)N2CCN(CCNC(=O)c3cc(Br)ccc3Cl)CC2)cc1. The number of nitrogens with zero attached hydrogens (tertiary/aromatic N) is 2. The predicted octanol–water partition coefficient (Wildman–Crippen LogP) is 2.85. The van der Waals surface area contributed by atoms with Gasteiger partial charge in [0.25, 0.3) is 5.91 Å². The zero-order chi connectivity index (χ0) is 21.7. The molecule has 2 aromatic carbocycles. The Morgan fingerprint density at radius 1 is 1.13 bits per heavy atom. The Kier molecular flexibility index (Phi) is 7.75. The Hall–Kier alpha value is -1.65. The quantitative estimate of drug-likeness (QED) is 0.612. The van der Waals surface area contributed by atoms with Crippen LogP contribution in [0.1, 0.15) is 10.4 Å². The number of amides is 1. The number of hydrogen-bond donors (Lipinski definition) is 1. The molecule has 0 saturated carbocycles. The van der Waals surface area contributed by atoms with E-state index in [2.05, 4.69) is 26.1 Å². The standard InChI is InChI=1S/C20H23BrClN3O4S/c1-29-16-3-5-17(6-4-16)30(27,28)25-12-10-24(11-13-25)9-8-23-20(26)18-14-15(21)2-7-19(18)22/h2-7,14H,8-13H2,1H3,(H,23,26). The Balaban J connectivity index is 1.48. The maximum absolute atomic E-state index is 12.8. The van der Waals surface area contributed by atoms with Crippen molar-refractivity contribution in [1.29, 1.82) is 0 Å². The van der Waals surface area contributed by atoms with Gasteiger partial charge in [0, 0.05) is 43.7 Å². The molecule has 1 fully saturated rings. The maximum Gasteiger partial charge on any atom is 0.252 e. The second-order valence-electron chi connectivity index (χ2n) is 6.80. The molecule has 0 spiro atoms. The van der Waals surface area contributed by atoms with Gasteiger partial charge in [-0.25, -0.2) is 8.42 Å². The maximum atomic E-state index is 12.8. The third-order valence-electron chi connectivity index (χ3n) is 4.92. The van der Waals surface area contributed by atoms with E-state index >= 15 is 0 Å². The average Bonchev–Trinajstić information content (AvgIpc) is 2.75. The van der Waals surface area contributed by atoms with Gasteiger partial charge in [-0.1, -0.05) is 27.5 Å². The molecule has 0 bridgehead atoms. The molecule has 1 heterocycles. The zero-order valence-electron chi connectivity index (χ0n) is 16.5. The van der Waals surface area contributed by atoms with Crippen LogP contribution in [0.5, 0.6) is 5.75 Å². The van der Waals surface area contributed by atoms with Crippen LogP contribution in [0, 0.1) is 0 Å². The lowest BCUT2D eigenvalue weighted by Crippen LogP contribution is -2.50. The molecule has 162 valence electrons. The Labute approximate surface area is 190 Å². The number of benzene rings is 2. The minimum atomic E-state index is -3.53. The molecule has 7 nitrogen and oxygen atoms in total. The van der Waals surface area contributed by atoms with Gasteiger partial charge < -0.3 is 10.1 Å². The number of carbonyl (C=O) groups is 1. The monoisotopic (exact) mass is 515 g/mol. The van der Waals surface area contributed by atoms with Crippen LogP contribution >= 0.6 is 27.5 Å². The number of methoxy groups -OCH3 is 1. The predicted molar refractivity (Wildman–Crippen MR) is 120 cm³/mol.